The minimum atomic E-state index is 1.19. The number of rotatable bonds is 40. The molecule has 2 N–H and O–H groups in total. The largest absolute Gasteiger partial charge is 0.317 e. The van der Waals surface area contributed by atoms with E-state index in [1.807, 2.05) is 0 Å². The SMILES string of the molecule is CCCCCCCCC=CCCCCCCCCNCCCN1CCN(CCCNCCCCCCCCC=CCCCCCCCC)CC1. The Bertz CT molecular complexity index is 626. The minimum Gasteiger partial charge on any atom is -0.317 e. The van der Waals surface area contributed by atoms with Crippen LogP contribution in [0.3, 0.4) is 0 Å². The van der Waals surface area contributed by atoms with E-state index >= 15 is 0 Å². The molecule has 0 radical (unpaired) electrons. The van der Waals surface area contributed by atoms with Crippen LogP contribution in [0.25, 0.3) is 0 Å². The molecule has 0 saturated carbocycles. The first-order chi connectivity index (χ1) is 24.9. The highest BCUT2D eigenvalue weighted by molar-refractivity contribution is 4.82. The van der Waals surface area contributed by atoms with Gasteiger partial charge < -0.3 is 20.4 Å². The number of hydrogen-bond donors (Lipinski definition) is 2. The normalized spacial score (nSPS) is 14.6. The maximum atomic E-state index is 3.71. The lowest BCUT2D eigenvalue weighted by Gasteiger charge is -2.34. The lowest BCUT2D eigenvalue weighted by Crippen LogP contribution is -2.47. The molecule has 50 heavy (non-hydrogen) atoms. The molecule has 1 aliphatic heterocycles. The van der Waals surface area contributed by atoms with Crippen LogP contribution >= 0.6 is 0 Å². The Kier molecular flexibility index (Phi) is 38.9. The number of unbranched alkanes of at least 4 members (excludes halogenated alkanes) is 24. The summed E-state index contributed by atoms with van der Waals surface area (Å²) in [5.41, 5.74) is 0. The van der Waals surface area contributed by atoms with E-state index in [0.717, 1.165) is 0 Å². The van der Waals surface area contributed by atoms with Crippen LogP contribution in [0.1, 0.15) is 206 Å². The number of nitrogens with one attached hydrogen (secondary N) is 2. The zero-order valence-electron chi connectivity index (χ0n) is 34.5. The van der Waals surface area contributed by atoms with Gasteiger partial charge in [-0.3, -0.25) is 0 Å². The Balaban J connectivity index is 1.73. The van der Waals surface area contributed by atoms with Gasteiger partial charge in [0.05, 0.1) is 0 Å². The smallest absolute Gasteiger partial charge is 0.0110 e. The second kappa shape index (κ2) is 41.1. The van der Waals surface area contributed by atoms with Gasteiger partial charge in [-0.25, -0.2) is 0 Å². The highest BCUT2D eigenvalue weighted by Crippen LogP contribution is 2.12. The molecule has 0 amide bonds. The van der Waals surface area contributed by atoms with Gasteiger partial charge in [-0.05, 0) is 116 Å². The lowest BCUT2D eigenvalue weighted by molar-refractivity contribution is 0.130. The van der Waals surface area contributed by atoms with Crippen LogP contribution in [0.15, 0.2) is 24.3 Å². The average Bonchev–Trinajstić information content (AvgIpc) is 3.13. The molecule has 0 aromatic rings. The molecule has 4 nitrogen and oxygen atoms in total. The van der Waals surface area contributed by atoms with Gasteiger partial charge in [0, 0.05) is 26.2 Å². The Morgan fingerprint density at radius 2 is 0.580 bits per heavy atom. The van der Waals surface area contributed by atoms with Crippen molar-refractivity contribution < 1.29 is 0 Å². The minimum absolute atomic E-state index is 1.19. The predicted molar refractivity (Wildman–Crippen MR) is 227 cm³/mol. The number of allylic oxidation sites excluding steroid dienone is 4. The van der Waals surface area contributed by atoms with Crippen LogP contribution in [0.4, 0.5) is 0 Å². The van der Waals surface area contributed by atoms with Crippen LogP contribution in [0.2, 0.25) is 0 Å². The van der Waals surface area contributed by atoms with E-state index in [1.165, 1.54) is 258 Å². The van der Waals surface area contributed by atoms with E-state index < -0.39 is 0 Å². The van der Waals surface area contributed by atoms with E-state index in [9.17, 15) is 0 Å². The van der Waals surface area contributed by atoms with Crippen LogP contribution < -0.4 is 10.6 Å². The second-order valence-corrected chi connectivity index (χ2v) is 15.8. The molecular formula is C46H92N4. The summed E-state index contributed by atoms with van der Waals surface area (Å²) in [5, 5.41) is 7.41. The molecule has 0 atom stereocenters. The molecule has 0 aromatic heterocycles. The quantitative estimate of drug-likeness (QED) is 0.0492. The topological polar surface area (TPSA) is 30.5 Å². The fraction of sp³-hybridized carbons (Fsp3) is 0.913. The number of piperazine rings is 1. The maximum Gasteiger partial charge on any atom is 0.0110 e. The van der Waals surface area contributed by atoms with Crippen molar-refractivity contribution in [3.05, 3.63) is 24.3 Å². The zero-order chi connectivity index (χ0) is 35.7. The highest BCUT2D eigenvalue weighted by atomic mass is 15.3. The van der Waals surface area contributed by atoms with Crippen molar-refractivity contribution in [3.8, 4) is 0 Å². The molecule has 0 bridgehead atoms. The third kappa shape index (κ3) is 35.7. The molecule has 0 aliphatic carbocycles. The Morgan fingerprint density at radius 3 is 0.900 bits per heavy atom. The van der Waals surface area contributed by atoms with Crippen molar-refractivity contribution in [2.24, 2.45) is 0 Å². The summed E-state index contributed by atoms with van der Waals surface area (Å²) >= 11 is 0. The van der Waals surface area contributed by atoms with Crippen molar-refractivity contribution in [2.75, 3.05) is 65.4 Å². The van der Waals surface area contributed by atoms with Crippen LogP contribution in [0.5, 0.6) is 0 Å². The average molecular weight is 701 g/mol. The second-order valence-electron chi connectivity index (χ2n) is 15.8. The van der Waals surface area contributed by atoms with Gasteiger partial charge in [-0.15, -0.1) is 0 Å². The fourth-order valence-corrected chi connectivity index (χ4v) is 7.34. The molecule has 296 valence electrons. The predicted octanol–water partition coefficient (Wildman–Crippen LogP) is 12.6. The molecule has 1 heterocycles. The van der Waals surface area contributed by atoms with E-state index in [2.05, 4.69) is 58.6 Å². The van der Waals surface area contributed by atoms with Crippen molar-refractivity contribution >= 4 is 0 Å². The van der Waals surface area contributed by atoms with E-state index in [1.54, 1.807) is 0 Å². The summed E-state index contributed by atoms with van der Waals surface area (Å²) in [4.78, 5) is 5.38. The first-order valence-corrected chi connectivity index (χ1v) is 23.0. The molecule has 1 fully saturated rings. The van der Waals surface area contributed by atoms with Crippen LogP contribution in [-0.4, -0.2) is 75.2 Å². The Hall–Kier alpha value is -0.680. The molecule has 1 rings (SSSR count). The maximum absolute atomic E-state index is 3.71. The van der Waals surface area contributed by atoms with Gasteiger partial charge >= 0.3 is 0 Å². The van der Waals surface area contributed by atoms with E-state index in [-0.39, 0.29) is 0 Å². The molecule has 0 aromatic carbocycles. The summed E-state index contributed by atoms with van der Waals surface area (Å²) in [6.45, 7) is 17.0. The summed E-state index contributed by atoms with van der Waals surface area (Å²) in [7, 11) is 0. The third-order valence-corrected chi connectivity index (χ3v) is 10.9. The van der Waals surface area contributed by atoms with Crippen molar-refractivity contribution in [3.63, 3.8) is 0 Å². The monoisotopic (exact) mass is 701 g/mol. The third-order valence-electron chi connectivity index (χ3n) is 10.9. The van der Waals surface area contributed by atoms with Gasteiger partial charge in [-0.2, -0.15) is 0 Å². The van der Waals surface area contributed by atoms with Gasteiger partial charge in [0.25, 0.3) is 0 Å². The Morgan fingerprint density at radius 1 is 0.320 bits per heavy atom. The molecular weight excluding hydrogens is 609 g/mol. The number of nitrogens with zero attached hydrogens (tertiary/aromatic N) is 2. The Labute approximate surface area is 315 Å². The van der Waals surface area contributed by atoms with Gasteiger partial charge in [0.15, 0.2) is 0 Å². The van der Waals surface area contributed by atoms with Crippen molar-refractivity contribution in [2.45, 2.75) is 206 Å². The van der Waals surface area contributed by atoms with Crippen molar-refractivity contribution in [1.29, 1.82) is 0 Å². The first-order valence-electron chi connectivity index (χ1n) is 23.0. The lowest BCUT2D eigenvalue weighted by atomic mass is 10.1. The summed E-state index contributed by atoms with van der Waals surface area (Å²) in [6.07, 6.45) is 51.2. The summed E-state index contributed by atoms with van der Waals surface area (Å²) < 4.78 is 0. The first kappa shape index (κ1) is 47.3. The highest BCUT2D eigenvalue weighted by Gasteiger charge is 2.15. The van der Waals surface area contributed by atoms with Gasteiger partial charge in [0.2, 0.25) is 0 Å². The van der Waals surface area contributed by atoms with Crippen LogP contribution in [-0.2, 0) is 0 Å². The molecule has 1 aliphatic rings. The van der Waals surface area contributed by atoms with Gasteiger partial charge in [0.1, 0.15) is 0 Å². The van der Waals surface area contributed by atoms with Crippen molar-refractivity contribution in [1.82, 2.24) is 20.4 Å². The number of hydrogen-bond acceptors (Lipinski definition) is 4. The summed E-state index contributed by atoms with van der Waals surface area (Å²) in [5.74, 6) is 0. The van der Waals surface area contributed by atoms with E-state index in [0.29, 0.717) is 0 Å². The molecule has 4 heteroatoms. The molecule has 0 unspecified atom stereocenters. The zero-order valence-corrected chi connectivity index (χ0v) is 34.5. The summed E-state index contributed by atoms with van der Waals surface area (Å²) in [6, 6.07) is 0. The molecule has 0 spiro atoms. The van der Waals surface area contributed by atoms with Crippen LogP contribution in [0, 0.1) is 0 Å². The standard InChI is InChI=1S/C46H92N4/c1-3-5-7-9-11-13-15-17-19-21-23-25-27-29-31-33-37-47-39-35-41-49-43-45-50(46-44-49)42-36-40-48-38-34-32-30-28-26-24-22-20-18-16-14-12-10-8-6-4-2/h17-20,47-48H,3-16,21-46H2,1-2H3. The molecule has 1 saturated heterocycles. The fourth-order valence-electron chi connectivity index (χ4n) is 7.34. The van der Waals surface area contributed by atoms with E-state index in [4.69, 9.17) is 0 Å². The van der Waals surface area contributed by atoms with Gasteiger partial charge in [-0.1, -0.05) is 154 Å².